The molecule has 4 heteroatoms. The fourth-order valence-corrected chi connectivity index (χ4v) is 5.03. The second-order valence-corrected chi connectivity index (χ2v) is 7.07. The molecule has 0 radical (unpaired) electrons. The van der Waals surface area contributed by atoms with Gasteiger partial charge in [0.25, 0.3) is 0 Å². The zero-order valence-electron chi connectivity index (χ0n) is 12.6. The standard InChI is InChI=1S/C16H24O4/c1-9-5-6-12-10(2)13(17-4)18-14-16(12)11(9)7-8-15(3,19-14)20-16/h9,11-14H,2,5-8H2,1,3-4H3/t9-,11+,12+,13?,14-,15-,16-/m1/s1. The van der Waals surface area contributed by atoms with Crippen molar-refractivity contribution in [3.63, 3.8) is 0 Å². The van der Waals surface area contributed by atoms with Gasteiger partial charge in [-0.3, -0.25) is 0 Å². The largest absolute Gasteiger partial charge is 0.352 e. The average Bonchev–Trinajstić information content (AvgIpc) is 2.63. The molecule has 3 saturated heterocycles. The predicted molar refractivity (Wildman–Crippen MR) is 72.7 cm³/mol. The Labute approximate surface area is 120 Å². The lowest BCUT2D eigenvalue weighted by molar-refractivity contribution is -0.285. The van der Waals surface area contributed by atoms with Gasteiger partial charge in [-0.1, -0.05) is 13.5 Å². The van der Waals surface area contributed by atoms with Crippen LogP contribution < -0.4 is 0 Å². The van der Waals surface area contributed by atoms with Crippen molar-refractivity contribution in [1.29, 1.82) is 0 Å². The summed E-state index contributed by atoms with van der Waals surface area (Å²) in [4.78, 5) is 0. The van der Waals surface area contributed by atoms with Gasteiger partial charge >= 0.3 is 0 Å². The van der Waals surface area contributed by atoms with Crippen molar-refractivity contribution in [2.45, 2.75) is 63.5 Å². The number of fused-ring (bicyclic) bond motifs is 1. The van der Waals surface area contributed by atoms with E-state index < -0.39 is 5.79 Å². The number of hydrogen-bond acceptors (Lipinski definition) is 4. The van der Waals surface area contributed by atoms with Crippen LogP contribution in [0, 0.1) is 17.8 Å². The highest BCUT2D eigenvalue weighted by Gasteiger charge is 2.70. The first kappa shape index (κ1) is 13.3. The van der Waals surface area contributed by atoms with Crippen molar-refractivity contribution in [3.05, 3.63) is 12.2 Å². The van der Waals surface area contributed by atoms with E-state index in [-0.39, 0.29) is 24.1 Å². The average molecular weight is 280 g/mol. The third-order valence-corrected chi connectivity index (χ3v) is 5.96. The van der Waals surface area contributed by atoms with Crippen LogP contribution >= 0.6 is 0 Å². The zero-order valence-corrected chi connectivity index (χ0v) is 12.6. The third kappa shape index (κ3) is 1.46. The summed E-state index contributed by atoms with van der Waals surface area (Å²) in [5.74, 6) is 0.931. The minimum atomic E-state index is -0.501. The highest BCUT2D eigenvalue weighted by molar-refractivity contribution is 5.23. The van der Waals surface area contributed by atoms with Gasteiger partial charge < -0.3 is 18.9 Å². The molecule has 0 aromatic rings. The number of rotatable bonds is 1. The summed E-state index contributed by atoms with van der Waals surface area (Å²) in [5, 5.41) is 0. The second-order valence-electron chi connectivity index (χ2n) is 7.07. The van der Waals surface area contributed by atoms with Gasteiger partial charge in [0.2, 0.25) is 0 Å². The van der Waals surface area contributed by atoms with E-state index in [0.717, 1.165) is 24.8 Å². The molecule has 3 heterocycles. The van der Waals surface area contributed by atoms with Crippen LogP contribution in [-0.4, -0.2) is 31.1 Å². The van der Waals surface area contributed by atoms with E-state index in [9.17, 15) is 0 Å². The maximum atomic E-state index is 6.51. The number of methoxy groups -OCH3 is 1. The van der Waals surface area contributed by atoms with Crippen molar-refractivity contribution in [3.8, 4) is 0 Å². The van der Waals surface area contributed by atoms with Gasteiger partial charge in [0.15, 0.2) is 18.4 Å². The van der Waals surface area contributed by atoms with E-state index in [1.807, 2.05) is 6.92 Å². The summed E-state index contributed by atoms with van der Waals surface area (Å²) >= 11 is 0. The van der Waals surface area contributed by atoms with E-state index >= 15 is 0 Å². The summed E-state index contributed by atoms with van der Waals surface area (Å²) < 4.78 is 24.2. The SMILES string of the molecule is C=C1C(OC)O[C@@H]2O[C@@]3(C)CC[C@H]4[C@H](C)CC[C@@H]1[C@@]24O3. The number of ether oxygens (including phenoxy) is 4. The van der Waals surface area contributed by atoms with Crippen molar-refractivity contribution >= 4 is 0 Å². The maximum Gasteiger partial charge on any atom is 0.194 e. The molecule has 4 fully saturated rings. The van der Waals surface area contributed by atoms with Gasteiger partial charge in [0, 0.05) is 19.4 Å². The first-order valence-corrected chi connectivity index (χ1v) is 7.75. The van der Waals surface area contributed by atoms with Gasteiger partial charge in [-0.05, 0) is 43.6 Å². The van der Waals surface area contributed by atoms with E-state index in [2.05, 4.69) is 13.5 Å². The van der Waals surface area contributed by atoms with E-state index in [1.54, 1.807) is 7.11 Å². The normalized spacial score (nSPS) is 57.5. The van der Waals surface area contributed by atoms with Crippen LogP contribution in [0.15, 0.2) is 12.2 Å². The molecule has 1 unspecified atom stereocenters. The molecule has 4 rings (SSSR count). The van der Waals surface area contributed by atoms with Crippen molar-refractivity contribution in [2.24, 2.45) is 17.8 Å². The molecule has 7 atom stereocenters. The third-order valence-electron chi connectivity index (χ3n) is 5.96. The lowest BCUT2D eigenvalue weighted by atomic mass is 9.58. The first-order chi connectivity index (χ1) is 9.50. The van der Waals surface area contributed by atoms with Crippen LogP contribution in [0.4, 0.5) is 0 Å². The van der Waals surface area contributed by atoms with Gasteiger partial charge in [0.05, 0.1) is 0 Å². The summed E-state index contributed by atoms with van der Waals surface area (Å²) in [6.45, 7) is 8.63. The van der Waals surface area contributed by atoms with E-state index in [0.29, 0.717) is 11.8 Å². The van der Waals surface area contributed by atoms with E-state index in [4.69, 9.17) is 18.9 Å². The quantitative estimate of drug-likeness (QED) is 0.692. The summed E-state index contributed by atoms with van der Waals surface area (Å²) in [6.07, 6.45) is 3.73. The monoisotopic (exact) mass is 280 g/mol. The smallest absolute Gasteiger partial charge is 0.194 e. The minimum Gasteiger partial charge on any atom is -0.352 e. The molecule has 0 N–H and O–H groups in total. The Morgan fingerprint density at radius 1 is 1.30 bits per heavy atom. The van der Waals surface area contributed by atoms with Gasteiger partial charge in [0.1, 0.15) is 5.60 Å². The zero-order chi connectivity index (χ0) is 14.1. The fraction of sp³-hybridized carbons (Fsp3) is 0.875. The molecule has 4 aliphatic rings. The topological polar surface area (TPSA) is 36.9 Å². The molecule has 0 aromatic carbocycles. The molecular weight excluding hydrogens is 256 g/mol. The molecule has 0 aromatic heterocycles. The molecule has 112 valence electrons. The highest BCUT2D eigenvalue weighted by atomic mass is 16.9. The molecule has 4 nitrogen and oxygen atoms in total. The Morgan fingerprint density at radius 3 is 2.85 bits per heavy atom. The van der Waals surface area contributed by atoms with Crippen molar-refractivity contribution < 1.29 is 18.9 Å². The van der Waals surface area contributed by atoms with Crippen LogP contribution in [0.1, 0.15) is 39.5 Å². The Hall–Kier alpha value is -0.420. The lowest BCUT2D eigenvalue weighted by Crippen LogP contribution is -2.64. The number of hydrogen-bond donors (Lipinski definition) is 0. The molecule has 0 amide bonds. The molecule has 3 aliphatic heterocycles. The fourth-order valence-electron chi connectivity index (χ4n) is 5.03. The summed E-state index contributed by atoms with van der Waals surface area (Å²) in [5.41, 5.74) is 0.687. The second kappa shape index (κ2) is 4.07. The molecule has 1 spiro atoms. The first-order valence-electron chi connectivity index (χ1n) is 7.75. The molecule has 2 bridgehead atoms. The van der Waals surface area contributed by atoms with Gasteiger partial charge in [-0.2, -0.15) is 0 Å². The summed E-state index contributed by atoms with van der Waals surface area (Å²) in [7, 11) is 1.67. The molecule has 20 heavy (non-hydrogen) atoms. The Kier molecular flexibility index (Phi) is 2.70. The predicted octanol–water partition coefficient (Wildman–Crippen LogP) is 2.83. The minimum absolute atomic E-state index is 0.287. The maximum absolute atomic E-state index is 6.51. The van der Waals surface area contributed by atoms with Crippen molar-refractivity contribution in [1.82, 2.24) is 0 Å². The van der Waals surface area contributed by atoms with Crippen LogP contribution in [0.5, 0.6) is 0 Å². The Bertz CT molecular complexity index is 450. The van der Waals surface area contributed by atoms with Gasteiger partial charge in [-0.25, -0.2) is 0 Å². The summed E-state index contributed by atoms with van der Waals surface area (Å²) in [6, 6.07) is 0. The van der Waals surface area contributed by atoms with Crippen LogP contribution in [0.2, 0.25) is 0 Å². The highest BCUT2D eigenvalue weighted by Crippen LogP contribution is 2.63. The Morgan fingerprint density at radius 2 is 2.10 bits per heavy atom. The van der Waals surface area contributed by atoms with Crippen LogP contribution in [-0.2, 0) is 18.9 Å². The van der Waals surface area contributed by atoms with Crippen molar-refractivity contribution in [2.75, 3.05) is 7.11 Å². The van der Waals surface area contributed by atoms with E-state index in [1.165, 1.54) is 6.42 Å². The molecule has 1 aliphatic carbocycles. The molecular formula is C16H24O4. The van der Waals surface area contributed by atoms with Crippen LogP contribution in [0.3, 0.4) is 0 Å². The van der Waals surface area contributed by atoms with Gasteiger partial charge in [-0.15, -0.1) is 0 Å². The molecule has 1 saturated carbocycles. The van der Waals surface area contributed by atoms with Crippen LogP contribution in [0.25, 0.3) is 0 Å². The lowest BCUT2D eigenvalue weighted by Gasteiger charge is -2.56. The Balaban J connectivity index is 1.81.